The van der Waals surface area contributed by atoms with E-state index in [1.54, 1.807) is 95.6 Å². The van der Waals surface area contributed by atoms with E-state index < -0.39 is 109 Å². The number of hydrogen-bond acceptors (Lipinski definition) is 19. The maximum Gasteiger partial charge on any atom is 0.431 e. The number of benzene rings is 2. The number of carbonyl (C=O) groups excluding carboxylic acids is 9. The number of esters is 1. The molecule has 0 aliphatic carbocycles. The lowest BCUT2D eigenvalue weighted by Gasteiger charge is -2.42. The van der Waals surface area contributed by atoms with Gasteiger partial charge in [-0.3, -0.25) is 38.4 Å². The van der Waals surface area contributed by atoms with Gasteiger partial charge in [-0.15, -0.1) is 0 Å². The molecule has 0 bridgehead atoms. The average molecular weight is 1370 g/mol. The van der Waals surface area contributed by atoms with E-state index >= 15 is 4.79 Å². The first kappa shape index (κ1) is 82.7. The van der Waals surface area contributed by atoms with Crippen LogP contribution in [0.2, 0.25) is 0 Å². The molecule has 25 heteroatoms. The van der Waals surface area contributed by atoms with Crippen LogP contribution >= 0.6 is 0 Å². The number of Topliss-reactive ketones (excluding diaryl/α,β-unsaturated/α-hetero) is 2. The molecular formula is C72H114N6O19. The van der Waals surface area contributed by atoms with Crippen molar-refractivity contribution in [1.82, 2.24) is 25.5 Å². The van der Waals surface area contributed by atoms with Crippen LogP contribution in [0.1, 0.15) is 179 Å². The molecule has 2 saturated heterocycles. The van der Waals surface area contributed by atoms with E-state index in [0.717, 1.165) is 0 Å². The second-order valence-electron chi connectivity index (χ2n) is 27.8. The molecule has 4 rings (SSSR count). The lowest BCUT2D eigenvalue weighted by Crippen LogP contribution is -2.55. The number of amides is 6. The lowest BCUT2D eigenvalue weighted by molar-refractivity contribution is -0.243. The molecule has 15 atom stereocenters. The van der Waals surface area contributed by atoms with Crippen LogP contribution in [0.15, 0.2) is 48.5 Å². The second kappa shape index (κ2) is 39.7. The minimum Gasteiger partial charge on any atom is -0.460 e. The van der Waals surface area contributed by atoms with Crippen molar-refractivity contribution >= 4 is 59.0 Å². The second-order valence-corrected chi connectivity index (χ2v) is 27.8. The van der Waals surface area contributed by atoms with Crippen LogP contribution in [0.4, 0.5) is 15.3 Å². The van der Waals surface area contributed by atoms with Crippen LogP contribution in [-0.4, -0.2) is 188 Å². The maximum absolute atomic E-state index is 15.0. The first-order valence-corrected chi connectivity index (χ1v) is 34.4. The highest BCUT2D eigenvalue weighted by atomic mass is 16.7. The van der Waals surface area contributed by atoms with Crippen LogP contribution in [0.3, 0.4) is 0 Å². The molecule has 0 spiro atoms. The fourth-order valence-corrected chi connectivity index (χ4v) is 12.7. The summed E-state index contributed by atoms with van der Waals surface area (Å²) in [5.74, 6) is -4.94. The lowest BCUT2D eigenvalue weighted by atomic mass is 9.83. The number of hydroxylamine groups is 1. The summed E-state index contributed by atoms with van der Waals surface area (Å²) in [6.45, 7) is 27.5. The van der Waals surface area contributed by atoms with Crippen LogP contribution < -0.4 is 20.9 Å². The molecular weight excluding hydrogens is 1250 g/mol. The number of likely N-dealkylation sites (tertiary alicyclic amines) is 1. The quantitative estimate of drug-likeness (QED) is 0.0210. The van der Waals surface area contributed by atoms with Crippen LogP contribution in [0.5, 0.6) is 5.75 Å². The Balaban J connectivity index is 1.47. The summed E-state index contributed by atoms with van der Waals surface area (Å²) in [7, 11) is 6.15. The molecule has 2 aliphatic rings. The number of rotatable bonds is 38. The van der Waals surface area contributed by atoms with Gasteiger partial charge in [-0.05, 0) is 101 Å². The molecule has 2 aliphatic heterocycles. The SMILES string of the molecule is CC[C@H](C)[C@@H]([C@@H](CC(=O)N1CCC[C@H]1[C@H](OC)[C@@H](C)C(=O)N[C@H](C)[C@@H](O)c1ccccc1)OC)N(C)C(=O)[C@@H](CC(=O)[C@H](C(C)C)N(C)C(=O)OCc1cc(NC(=O)CCC(=O)CCCOCCONC(=O)OC(C)(C)C)ccc1O[C@@H]1OC(C)[C@@H](C)[C@H](C)C1OC(C)=O)C(C)C. The number of aliphatic hydroxyl groups excluding tert-OH is 1. The zero-order valence-electron chi connectivity index (χ0n) is 61.0. The number of likely N-dealkylation sites (N-methyl/N-ethyl adjacent to an activating group) is 2. The number of aliphatic hydroxyl groups is 1. The van der Waals surface area contributed by atoms with Gasteiger partial charge in [-0.2, -0.15) is 5.48 Å². The predicted molar refractivity (Wildman–Crippen MR) is 363 cm³/mol. The molecule has 6 amide bonds. The first-order chi connectivity index (χ1) is 45.7. The predicted octanol–water partition coefficient (Wildman–Crippen LogP) is 9.54. The van der Waals surface area contributed by atoms with E-state index in [-0.39, 0.29) is 128 Å². The molecule has 25 nitrogen and oxygen atoms in total. The number of nitrogens with zero attached hydrogens (tertiary/aromatic N) is 3. The summed E-state index contributed by atoms with van der Waals surface area (Å²) in [6.07, 6.45) is -4.22. The van der Waals surface area contributed by atoms with Gasteiger partial charge < -0.3 is 68.3 Å². The van der Waals surface area contributed by atoms with Crippen LogP contribution in [0, 0.1) is 41.4 Å². The summed E-state index contributed by atoms with van der Waals surface area (Å²) in [5.41, 5.74) is 2.73. The standard InChI is InChI=1S/C72H114N6O19/c1-20-44(6)63(59(89-18)40-61(83)78-34-24-29-56(78)65(90-19)47(9)67(85)73-48(10)64(84)51-26-22-21-23-27-51)76(16)68(86)55(42(2)3)39-57(81)62(43(4)5)77(17)71(88)92-41-52-38-53(30-32-58(52)96-69-66(95-50(12)79)46(8)45(7)49(11)94-69)74-60(82)33-31-54(80)28-25-35-91-36-37-93-75-70(87)97-72(13,14)15/h21-23,26-27,30,32,38,42-49,55-56,59,62-66,69,84H,20,24-25,28-29,31,33-37,39-41H2,1-19H3,(H,73,85)(H,74,82)(H,75,87)/t44-,45-,46-,47+,48+,49?,55-,56-,59+,62-,63-,64+,65+,66?,69-/m0/s1. The molecule has 2 fully saturated rings. The van der Waals surface area contributed by atoms with Gasteiger partial charge in [0.15, 0.2) is 11.9 Å². The average Bonchev–Trinajstić information content (AvgIpc) is 1.74. The summed E-state index contributed by atoms with van der Waals surface area (Å²) < 4.78 is 47.2. The molecule has 2 heterocycles. The molecule has 2 unspecified atom stereocenters. The fourth-order valence-electron chi connectivity index (χ4n) is 12.7. The Morgan fingerprint density at radius 3 is 2.10 bits per heavy atom. The zero-order chi connectivity index (χ0) is 72.6. The van der Waals surface area contributed by atoms with E-state index in [0.29, 0.717) is 37.8 Å². The van der Waals surface area contributed by atoms with Gasteiger partial charge in [0.2, 0.25) is 29.9 Å². The van der Waals surface area contributed by atoms with Crippen molar-refractivity contribution in [2.45, 2.75) is 235 Å². The maximum atomic E-state index is 15.0. The summed E-state index contributed by atoms with van der Waals surface area (Å²) in [5, 5.41) is 16.8. The van der Waals surface area contributed by atoms with Gasteiger partial charge in [0.25, 0.3) is 0 Å². The number of carbonyl (C=O) groups is 9. The van der Waals surface area contributed by atoms with E-state index in [1.165, 1.54) is 33.1 Å². The number of ether oxygens (including phenoxy) is 8. The van der Waals surface area contributed by atoms with Gasteiger partial charge in [0.05, 0.1) is 74.1 Å². The van der Waals surface area contributed by atoms with Gasteiger partial charge >= 0.3 is 18.2 Å². The van der Waals surface area contributed by atoms with E-state index in [2.05, 4.69) is 16.1 Å². The highest BCUT2D eigenvalue weighted by Crippen LogP contribution is 2.37. The van der Waals surface area contributed by atoms with Crippen molar-refractivity contribution in [2.75, 3.05) is 60.0 Å². The van der Waals surface area contributed by atoms with E-state index in [4.69, 9.17) is 42.7 Å². The Morgan fingerprint density at radius 2 is 1.49 bits per heavy atom. The Labute approximate surface area is 575 Å². The minimum absolute atomic E-state index is 0.0136. The van der Waals surface area contributed by atoms with E-state index in [9.17, 15) is 43.5 Å². The molecule has 0 aromatic heterocycles. The number of methoxy groups -OCH3 is 2. The van der Waals surface area contributed by atoms with Crippen molar-refractivity contribution in [3.05, 3.63) is 59.7 Å². The summed E-state index contributed by atoms with van der Waals surface area (Å²) in [6, 6.07) is 11.0. The summed E-state index contributed by atoms with van der Waals surface area (Å²) >= 11 is 0. The van der Waals surface area contributed by atoms with E-state index in [1.807, 2.05) is 66.7 Å². The molecule has 97 heavy (non-hydrogen) atoms. The van der Waals surface area contributed by atoms with Crippen molar-refractivity contribution in [2.24, 2.45) is 41.4 Å². The van der Waals surface area contributed by atoms with Gasteiger partial charge in [-0.1, -0.05) is 99.1 Å². The molecule has 2 aromatic carbocycles. The largest absolute Gasteiger partial charge is 0.460 e. The number of hydrogen-bond donors (Lipinski definition) is 4. The van der Waals surface area contributed by atoms with Crippen LogP contribution in [-0.2, 0) is 78.2 Å². The Kier molecular flexibility index (Phi) is 33.9. The molecule has 4 N–H and O–H groups in total. The van der Waals surface area contributed by atoms with Gasteiger partial charge in [0.1, 0.15) is 23.7 Å². The highest BCUT2D eigenvalue weighted by Gasteiger charge is 2.46. The smallest absolute Gasteiger partial charge is 0.431 e. The third-order valence-electron chi connectivity index (χ3n) is 18.7. The molecule has 546 valence electrons. The van der Waals surface area contributed by atoms with Gasteiger partial charge in [0, 0.05) is 97.2 Å². The number of anilines is 1. The molecule has 0 saturated carbocycles. The first-order valence-electron chi connectivity index (χ1n) is 34.4. The van der Waals surface area contributed by atoms with Crippen molar-refractivity contribution in [3.8, 4) is 5.75 Å². The van der Waals surface area contributed by atoms with Crippen LogP contribution in [0.25, 0.3) is 0 Å². The fraction of sp³-hybridized carbons (Fsp3) is 0.708. The summed E-state index contributed by atoms with van der Waals surface area (Å²) in [4.78, 5) is 132. The highest BCUT2D eigenvalue weighted by molar-refractivity contribution is 5.94. The third-order valence-corrected chi connectivity index (χ3v) is 18.7. The Hall–Kier alpha value is -6.77. The molecule has 2 aromatic rings. The minimum atomic E-state index is -1.08. The van der Waals surface area contributed by atoms with Crippen molar-refractivity contribution in [3.63, 3.8) is 0 Å². The third kappa shape index (κ3) is 25.2. The van der Waals surface area contributed by atoms with Crippen molar-refractivity contribution in [1.29, 1.82) is 0 Å². The number of nitrogens with one attached hydrogen (secondary N) is 3. The molecule has 0 radical (unpaired) electrons. The van der Waals surface area contributed by atoms with Gasteiger partial charge in [-0.25, -0.2) is 9.59 Å². The Morgan fingerprint density at radius 1 is 0.814 bits per heavy atom. The normalized spacial score (nSPS) is 20.8. The monoisotopic (exact) mass is 1370 g/mol. The van der Waals surface area contributed by atoms with Crippen molar-refractivity contribution < 1.29 is 91.0 Å². The number of ketones is 2. The zero-order valence-corrected chi connectivity index (χ0v) is 61.0. The topological polar surface area (TPSA) is 303 Å². The Bertz CT molecular complexity index is 2870.